The second kappa shape index (κ2) is 18.1. The molecule has 13 heteroatoms. The van der Waals surface area contributed by atoms with Crippen LogP contribution in [-0.2, 0) is 4.65 Å². The molecule has 2 aromatic heterocycles. The van der Waals surface area contributed by atoms with E-state index < -0.39 is 7.11 Å². The number of benzene rings is 6. The van der Waals surface area contributed by atoms with Crippen LogP contribution in [0, 0.1) is 0 Å². The highest BCUT2D eigenvalue weighted by atomic mass is 19.3. The molecule has 8 aromatic rings. The third-order valence-electron chi connectivity index (χ3n) is 11.4. The maximum absolute atomic E-state index is 16.6. The Hall–Kier alpha value is -8.19. The summed E-state index contributed by atoms with van der Waals surface area (Å²) >= 11 is 0. The summed E-state index contributed by atoms with van der Waals surface area (Å²) in [4.78, 5) is 7.10. The second-order valence-electron chi connectivity index (χ2n) is 15.2. The van der Waals surface area contributed by atoms with Crippen molar-refractivity contribution in [3.05, 3.63) is 163 Å². The summed E-state index contributed by atoms with van der Waals surface area (Å²) in [6, 6.07) is 45.7. The van der Waals surface area contributed by atoms with E-state index >= 15 is 8.63 Å². The van der Waals surface area contributed by atoms with Gasteiger partial charge in [0, 0.05) is 22.3 Å². The Morgan fingerprint density at radius 1 is 0.409 bits per heavy atom. The summed E-state index contributed by atoms with van der Waals surface area (Å²) in [5, 5.41) is 0. The van der Waals surface area contributed by atoms with Gasteiger partial charge in [0.15, 0.2) is 23.0 Å². The van der Waals surface area contributed by atoms with Crippen molar-refractivity contribution in [1.29, 1.82) is 0 Å². The fourth-order valence-electron chi connectivity index (χ4n) is 8.60. The molecule has 1 aliphatic heterocycles. The first kappa shape index (κ1) is 43.1. The lowest BCUT2D eigenvalue weighted by molar-refractivity contribution is -0.183. The lowest BCUT2D eigenvalue weighted by Crippen LogP contribution is -2.31. The standard InChI is InChI=1S/C53H45BF2N2O8/c1-59-40-27-36(28-41(60-2)52(40)63-5)46-44(32-19-11-7-12-20-32)50(57-48(46)34-23-15-9-16-24-34)38-31-39(66-54(55,56)65-38)51-45(33-21-13-8-14-22-33)47(49(58-51)35-25-17-10-18-26-35)37-29-42(61-3)53(64-6)43(30-37)62-4/h7-31,57-58H,1-6H3. The molecule has 0 aliphatic carbocycles. The monoisotopic (exact) mass is 886 g/mol. The number of allylic oxidation sites excluding steroid dienone is 1. The van der Waals surface area contributed by atoms with Crippen LogP contribution in [0.1, 0.15) is 15.7 Å². The van der Waals surface area contributed by atoms with Gasteiger partial charge in [-0.05, 0) is 57.6 Å². The predicted molar refractivity (Wildman–Crippen MR) is 255 cm³/mol. The van der Waals surface area contributed by atoms with Crippen molar-refractivity contribution in [2.75, 3.05) is 42.7 Å². The van der Waals surface area contributed by atoms with E-state index in [0.717, 1.165) is 22.3 Å². The molecule has 0 saturated heterocycles. The van der Waals surface area contributed by atoms with Gasteiger partial charge < -0.3 is 56.0 Å². The van der Waals surface area contributed by atoms with Gasteiger partial charge in [0.2, 0.25) is 11.5 Å². The molecule has 0 bridgehead atoms. The lowest BCUT2D eigenvalue weighted by atomic mass is 9.90. The molecule has 10 nitrogen and oxygen atoms in total. The minimum Gasteiger partial charge on any atom is -0.568 e. The van der Waals surface area contributed by atoms with Crippen molar-refractivity contribution in [2.45, 2.75) is 0 Å². The van der Waals surface area contributed by atoms with E-state index in [1.807, 2.05) is 146 Å². The first-order valence-electron chi connectivity index (χ1n) is 21.0. The minimum absolute atomic E-state index is 0.153. The van der Waals surface area contributed by atoms with Gasteiger partial charge in [0.05, 0.1) is 65.8 Å². The molecule has 0 amide bonds. The van der Waals surface area contributed by atoms with Crippen LogP contribution in [0.5, 0.6) is 34.5 Å². The molecule has 0 unspecified atom stereocenters. The Morgan fingerprint density at radius 2 is 0.742 bits per heavy atom. The summed E-state index contributed by atoms with van der Waals surface area (Å²) in [5.41, 5.74) is 8.71. The highest BCUT2D eigenvalue weighted by molar-refractivity contribution is 6.52. The topological polar surface area (TPSA) is 107 Å². The van der Waals surface area contributed by atoms with E-state index in [4.69, 9.17) is 37.4 Å². The Morgan fingerprint density at radius 3 is 1.11 bits per heavy atom. The summed E-state index contributed by atoms with van der Waals surface area (Å²) in [7, 11) is 4.27. The average molecular weight is 887 g/mol. The third kappa shape index (κ3) is 7.89. The summed E-state index contributed by atoms with van der Waals surface area (Å²) in [6.07, 6.45) is 1.51. The summed E-state index contributed by atoms with van der Waals surface area (Å²) < 4.78 is 79.3. The molecule has 0 fully saturated rings. The number of aromatic nitrogens is 2. The van der Waals surface area contributed by atoms with Crippen molar-refractivity contribution >= 4 is 18.6 Å². The molecule has 1 aliphatic rings. The number of hydrogen-bond donors (Lipinski definition) is 2. The fraction of sp³-hybridized carbons (Fsp3) is 0.113. The molecule has 3 heterocycles. The van der Waals surface area contributed by atoms with E-state index in [1.54, 1.807) is 28.4 Å². The highest BCUT2D eigenvalue weighted by Gasteiger charge is 2.54. The number of rotatable bonds is 14. The maximum Gasteiger partial charge on any atom is 0.995 e. The van der Waals surface area contributed by atoms with Crippen LogP contribution in [-0.4, -0.2) is 65.5 Å². The van der Waals surface area contributed by atoms with Crippen molar-refractivity contribution in [1.82, 2.24) is 9.97 Å². The molecular weight excluding hydrogens is 841 g/mol. The van der Waals surface area contributed by atoms with E-state index in [2.05, 4.69) is 9.97 Å². The Bertz CT molecular complexity index is 3050. The van der Waals surface area contributed by atoms with Crippen LogP contribution in [0.2, 0.25) is 0 Å². The van der Waals surface area contributed by atoms with Crippen molar-refractivity contribution < 1.29 is 46.0 Å². The molecule has 9 rings (SSSR count). The second-order valence-corrected chi connectivity index (χ2v) is 15.2. The molecule has 0 radical (unpaired) electrons. The molecule has 0 atom stereocenters. The van der Waals surface area contributed by atoms with Gasteiger partial charge in [0.25, 0.3) is 0 Å². The minimum atomic E-state index is -4.98. The van der Waals surface area contributed by atoms with E-state index in [0.29, 0.717) is 79.3 Å². The van der Waals surface area contributed by atoms with Gasteiger partial charge in [-0.2, -0.15) is 0 Å². The van der Waals surface area contributed by atoms with Crippen molar-refractivity contribution in [3.63, 3.8) is 0 Å². The number of ketones is 1. The zero-order valence-electron chi connectivity index (χ0n) is 37.0. The Kier molecular flexibility index (Phi) is 11.8. The number of hydrogen-bond acceptors (Lipinski definition) is 7. The first-order chi connectivity index (χ1) is 32.2. The van der Waals surface area contributed by atoms with Gasteiger partial charge in [0.1, 0.15) is 11.5 Å². The Balaban J connectivity index is 1.36. The van der Waals surface area contributed by atoms with Gasteiger partial charge >= 0.3 is 12.9 Å². The molecular formula is C53H45BF2N2O8. The number of nitrogens with one attached hydrogen (secondary N) is 2. The van der Waals surface area contributed by atoms with Gasteiger partial charge in [-0.15, -0.1) is 0 Å². The molecule has 0 saturated carbocycles. The number of halogens is 2. The number of ether oxygens (including phenoxy) is 6. The highest BCUT2D eigenvalue weighted by Crippen LogP contribution is 2.51. The summed E-state index contributed by atoms with van der Waals surface area (Å²) in [5.74, 6) is 2.16. The zero-order valence-corrected chi connectivity index (χ0v) is 37.0. The SMILES string of the molecule is COc1cc(-c2c(-c3ccccc3)[nH]c(C3=CC(c4[nH]c(-c5ccccc5)c(-c5cc(OC)c(OC)c(OC)c5)c4-c4ccccc4)=[O+][B-](F)(F)O3)c2-c2ccccc2)cc(OC)c1OC. The summed E-state index contributed by atoms with van der Waals surface area (Å²) in [6.45, 7) is 0. The molecule has 6 aromatic carbocycles. The number of H-pyrrole nitrogens is 2. The van der Waals surface area contributed by atoms with Crippen LogP contribution in [0.4, 0.5) is 8.63 Å². The molecule has 332 valence electrons. The maximum atomic E-state index is 16.6. The van der Waals surface area contributed by atoms with Crippen LogP contribution < -0.4 is 28.4 Å². The smallest absolute Gasteiger partial charge is 0.568 e. The Labute approximate surface area is 380 Å². The van der Waals surface area contributed by atoms with Gasteiger partial charge in [-0.3, -0.25) is 0 Å². The number of methoxy groups -OCH3 is 6. The van der Waals surface area contributed by atoms with Crippen LogP contribution in [0.15, 0.2) is 152 Å². The molecule has 0 spiro atoms. The number of carbonyl (C=O) groups excluding carboxylic acids is 1. The first-order valence-corrected chi connectivity index (χ1v) is 21.0. The third-order valence-corrected chi connectivity index (χ3v) is 11.4. The van der Waals surface area contributed by atoms with Crippen LogP contribution in [0.25, 0.3) is 72.8 Å². The normalized spacial score (nSPS) is 13.0. The zero-order chi connectivity index (χ0) is 46.0. The number of aromatic amines is 2. The predicted octanol–water partition coefficient (Wildman–Crippen LogP) is 12.6. The lowest BCUT2D eigenvalue weighted by Gasteiger charge is -2.21. The van der Waals surface area contributed by atoms with Crippen LogP contribution >= 0.6 is 0 Å². The van der Waals surface area contributed by atoms with E-state index in [-0.39, 0.29) is 22.9 Å². The fourth-order valence-corrected chi connectivity index (χ4v) is 8.60. The van der Waals surface area contributed by atoms with Crippen LogP contribution in [0.3, 0.4) is 0 Å². The van der Waals surface area contributed by atoms with Crippen molar-refractivity contribution in [3.8, 4) is 102 Å². The molecule has 66 heavy (non-hydrogen) atoms. The quantitative estimate of drug-likeness (QED) is 0.0827. The largest absolute Gasteiger partial charge is 0.995 e. The average Bonchev–Trinajstić information content (AvgIpc) is 3.97. The van der Waals surface area contributed by atoms with E-state index in [1.165, 1.54) is 20.3 Å². The molecule has 2 N–H and O–H groups in total. The van der Waals surface area contributed by atoms with Gasteiger partial charge in [-0.25, -0.2) is 0 Å². The van der Waals surface area contributed by atoms with Gasteiger partial charge in [-0.1, -0.05) is 121 Å². The van der Waals surface area contributed by atoms with E-state index in [9.17, 15) is 0 Å². The van der Waals surface area contributed by atoms with Crippen molar-refractivity contribution in [2.24, 2.45) is 0 Å².